The minimum atomic E-state index is 0.152. The van der Waals surface area contributed by atoms with Crippen LogP contribution < -0.4 is 4.90 Å². The first-order valence-corrected chi connectivity index (χ1v) is 9.31. The molecule has 0 bridgehead atoms. The van der Waals surface area contributed by atoms with Crippen molar-refractivity contribution in [3.05, 3.63) is 24.3 Å². The molecule has 5 heteroatoms. The average molecular weight is 329 g/mol. The van der Waals surface area contributed by atoms with Crippen molar-refractivity contribution in [3.63, 3.8) is 0 Å². The number of hydrogen-bond donors (Lipinski definition) is 0. The Morgan fingerprint density at radius 2 is 1.83 bits per heavy atom. The molecule has 2 atom stereocenters. The van der Waals surface area contributed by atoms with E-state index in [2.05, 4.69) is 34.7 Å². The number of benzene rings is 1. The van der Waals surface area contributed by atoms with Crippen molar-refractivity contribution in [2.24, 2.45) is 17.8 Å². The standard InChI is InChI=1S/C18H23N3OS/c1-12-7-13(2)9-20(8-12)17(22)14-10-21(11-14)18-19-15-5-3-4-6-16(15)23-18/h3-6,12-14H,7-11H2,1-2H3. The normalized spacial score (nSPS) is 25.7. The van der Waals surface area contributed by atoms with Gasteiger partial charge >= 0.3 is 0 Å². The van der Waals surface area contributed by atoms with Gasteiger partial charge in [0.1, 0.15) is 0 Å². The number of carbonyl (C=O) groups excluding carboxylic acids is 1. The van der Waals surface area contributed by atoms with E-state index in [-0.39, 0.29) is 5.92 Å². The quantitative estimate of drug-likeness (QED) is 0.849. The molecule has 4 nitrogen and oxygen atoms in total. The Morgan fingerprint density at radius 1 is 1.13 bits per heavy atom. The molecule has 4 rings (SSSR count). The van der Waals surface area contributed by atoms with E-state index in [0.29, 0.717) is 17.7 Å². The van der Waals surface area contributed by atoms with Crippen LogP contribution in [0.3, 0.4) is 0 Å². The highest BCUT2D eigenvalue weighted by atomic mass is 32.1. The van der Waals surface area contributed by atoms with Crippen molar-refractivity contribution in [2.75, 3.05) is 31.1 Å². The lowest BCUT2D eigenvalue weighted by Crippen LogP contribution is -2.56. The summed E-state index contributed by atoms with van der Waals surface area (Å²) in [6.45, 7) is 8.01. The van der Waals surface area contributed by atoms with Gasteiger partial charge in [-0.05, 0) is 30.4 Å². The first kappa shape index (κ1) is 14.9. The Kier molecular flexibility index (Phi) is 3.76. The molecular weight excluding hydrogens is 306 g/mol. The van der Waals surface area contributed by atoms with Gasteiger partial charge in [-0.2, -0.15) is 0 Å². The second-order valence-corrected chi connectivity index (χ2v) is 8.26. The fourth-order valence-electron chi connectivity index (χ4n) is 3.89. The van der Waals surface area contributed by atoms with Crippen molar-refractivity contribution < 1.29 is 4.79 Å². The zero-order valence-electron chi connectivity index (χ0n) is 13.7. The third-order valence-electron chi connectivity index (χ3n) is 4.96. The number of piperidine rings is 1. The van der Waals surface area contributed by atoms with E-state index in [0.717, 1.165) is 36.8 Å². The first-order valence-electron chi connectivity index (χ1n) is 8.49. The van der Waals surface area contributed by atoms with Crippen LogP contribution in [0, 0.1) is 17.8 Å². The van der Waals surface area contributed by atoms with Gasteiger partial charge in [-0.3, -0.25) is 4.79 Å². The summed E-state index contributed by atoms with van der Waals surface area (Å²) in [4.78, 5) is 21.7. The lowest BCUT2D eigenvalue weighted by molar-refractivity contribution is -0.139. The van der Waals surface area contributed by atoms with Crippen LogP contribution >= 0.6 is 11.3 Å². The fraction of sp³-hybridized carbons (Fsp3) is 0.556. The molecule has 0 N–H and O–H groups in total. The zero-order chi connectivity index (χ0) is 16.0. The molecule has 1 aromatic carbocycles. The molecule has 2 fully saturated rings. The van der Waals surface area contributed by atoms with E-state index >= 15 is 0 Å². The lowest BCUT2D eigenvalue weighted by Gasteiger charge is -2.43. The molecular formula is C18H23N3OS. The molecule has 122 valence electrons. The molecule has 0 aliphatic carbocycles. The van der Waals surface area contributed by atoms with Gasteiger partial charge in [0.2, 0.25) is 5.91 Å². The van der Waals surface area contributed by atoms with Crippen LogP contribution in [0.15, 0.2) is 24.3 Å². The van der Waals surface area contributed by atoms with E-state index in [4.69, 9.17) is 0 Å². The molecule has 1 aromatic heterocycles. The molecule has 0 spiro atoms. The summed E-state index contributed by atoms with van der Waals surface area (Å²) < 4.78 is 1.22. The third kappa shape index (κ3) is 2.82. The Labute approximate surface area is 141 Å². The van der Waals surface area contributed by atoms with Crippen LogP contribution in [0.5, 0.6) is 0 Å². The summed E-state index contributed by atoms with van der Waals surface area (Å²) in [5, 5.41) is 1.05. The molecule has 2 aromatic rings. The second kappa shape index (κ2) is 5.78. The Morgan fingerprint density at radius 3 is 2.52 bits per heavy atom. The van der Waals surface area contributed by atoms with Crippen LogP contribution in [-0.2, 0) is 4.79 Å². The highest BCUT2D eigenvalue weighted by Gasteiger charge is 2.38. The molecule has 2 aliphatic heterocycles. The monoisotopic (exact) mass is 329 g/mol. The van der Waals surface area contributed by atoms with Gasteiger partial charge in [-0.25, -0.2) is 4.98 Å². The van der Waals surface area contributed by atoms with Gasteiger partial charge in [0.05, 0.1) is 16.1 Å². The number of fused-ring (bicyclic) bond motifs is 1. The maximum atomic E-state index is 12.7. The van der Waals surface area contributed by atoms with Crippen molar-refractivity contribution in [1.29, 1.82) is 0 Å². The van der Waals surface area contributed by atoms with Gasteiger partial charge in [0.25, 0.3) is 0 Å². The third-order valence-corrected chi connectivity index (χ3v) is 6.06. The molecule has 0 saturated carbocycles. The lowest BCUT2D eigenvalue weighted by atomic mass is 9.90. The Balaban J connectivity index is 1.40. The van der Waals surface area contributed by atoms with Crippen molar-refractivity contribution in [2.45, 2.75) is 20.3 Å². The van der Waals surface area contributed by atoms with Crippen LogP contribution in [0.2, 0.25) is 0 Å². The van der Waals surface area contributed by atoms with Crippen LogP contribution in [0.1, 0.15) is 20.3 Å². The molecule has 2 aliphatic rings. The predicted octanol–water partition coefficient (Wildman–Crippen LogP) is 3.24. The number of thiazole rings is 1. The van der Waals surface area contributed by atoms with E-state index < -0.39 is 0 Å². The Hall–Kier alpha value is -1.62. The molecule has 2 unspecified atom stereocenters. The minimum absolute atomic E-state index is 0.152. The van der Waals surface area contributed by atoms with Crippen LogP contribution in [0.4, 0.5) is 5.13 Å². The SMILES string of the molecule is CC1CC(C)CN(C(=O)C2CN(c3nc4ccccc4s3)C2)C1. The largest absolute Gasteiger partial charge is 0.346 e. The molecule has 0 radical (unpaired) electrons. The molecule has 23 heavy (non-hydrogen) atoms. The van der Waals surface area contributed by atoms with Crippen molar-refractivity contribution in [3.8, 4) is 0 Å². The van der Waals surface area contributed by atoms with Crippen molar-refractivity contribution in [1.82, 2.24) is 9.88 Å². The van der Waals surface area contributed by atoms with Gasteiger partial charge < -0.3 is 9.80 Å². The number of para-hydroxylation sites is 1. The summed E-state index contributed by atoms with van der Waals surface area (Å²) in [5.41, 5.74) is 1.06. The first-order chi connectivity index (χ1) is 11.1. The van der Waals surface area contributed by atoms with Gasteiger partial charge in [0, 0.05) is 26.2 Å². The highest BCUT2D eigenvalue weighted by Crippen LogP contribution is 2.34. The van der Waals surface area contributed by atoms with E-state index in [1.807, 2.05) is 18.2 Å². The van der Waals surface area contributed by atoms with Gasteiger partial charge in [-0.15, -0.1) is 0 Å². The molecule has 1 amide bonds. The highest BCUT2D eigenvalue weighted by molar-refractivity contribution is 7.22. The topological polar surface area (TPSA) is 36.4 Å². The maximum Gasteiger partial charge on any atom is 0.229 e. The van der Waals surface area contributed by atoms with E-state index in [9.17, 15) is 4.79 Å². The van der Waals surface area contributed by atoms with Gasteiger partial charge in [0.15, 0.2) is 5.13 Å². The number of rotatable bonds is 2. The zero-order valence-corrected chi connectivity index (χ0v) is 14.6. The summed E-state index contributed by atoms with van der Waals surface area (Å²) in [5.74, 6) is 1.76. The summed E-state index contributed by atoms with van der Waals surface area (Å²) in [6.07, 6.45) is 1.24. The minimum Gasteiger partial charge on any atom is -0.346 e. The van der Waals surface area contributed by atoms with Crippen molar-refractivity contribution >= 4 is 32.6 Å². The number of hydrogen-bond acceptors (Lipinski definition) is 4. The van der Waals surface area contributed by atoms with Crippen LogP contribution in [0.25, 0.3) is 10.2 Å². The molecule has 3 heterocycles. The number of aromatic nitrogens is 1. The summed E-state index contributed by atoms with van der Waals surface area (Å²) >= 11 is 1.72. The summed E-state index contributed by atoms with van der Waals surface area (Å²) in [6, 6.07) is 8.22. The van der Waals surface area contributed by atoms with E-state index in [1.54, 1.807) is 11.3 Å². The van der Waals surface area contributed by atoms with Gasteiger partial charge in [-0.1, -0.05) is 37.3 Å². The number of likely N-dealkylation sites (tertiary alicyclic amines) is 1. The smallest absolute Gasteiger partial charge is 0.229 e. The number of nitrogens with zero attached hydrogens (tertiary/aromatic N) is 3. The number of carbonyl (C=O) groups is 1. The number of amides is 1. The molecule has 2 saturated heterocycles. The van der Waals surface area contributed by atoms with E-state index in [1.165, 1.54) is 11.1 Å². The fourth-order valence-corrected chi connectivity index (χ4v) is 4.87. The summed E-state index contributed by atoms with van der Waals surface area (Å²) in [7, 11) is 0. The van der Waals surface area contributed by atoms with Crippen LogP contribution in [-0.4, -0.2) is 42.0 Å². The number of anilines is 1. The predicted molar refractivity (Wildman–Crippen MR) is 94.8 cm³/mol. The average Bonchev–Trinajstić information content (AvgIpc) is 2.87. The Bertz CT molecular complexity index is 679. The second-order valence-electron chi connectivity index (χ2n) is 7.26. The maximum absolute atomic E-state index is 12.7.